The van der Waals surface area contributed by atoms with E-state index in [1.54, 1.807) is 0 Å². The summed E-state index contributed by atoms with van der Waals surface area (Å²) in [4.78, 5) is 28.7. The zero-order valence-corrected chi connectivity index (χ0v) is 17.6. The molecule has 0 unspecified atom stereocenters. The molecule has 0 aliphatic carbocycles. The Morgan fingerprint density at radius 2 is 1.69 bits per heavy atom. The van der Waals surface area contributed by atoms with Gasteiger partial charge in [0.1, 0.15) is 5.82 Å². The first-order valence-electron chi connectivity index (χ1n) is 10.8. The molecule has 0 radical (unpaired) electrons. The number of benzene rings is 1. The standard InChI is InChI=1S/C23H31N5O/c1-18-6-5-7-20(16-18)8-9-22(29)27-12-14-28(15-13-27)23-24-19(2)17-21(25-23)26-10-3-4-11-26/h5-7,16-17H,3-4,8-15H2,1-2H3. The summed E-state index contributed by atoms with van der Waals surface area (Å²) in [5.41, 5.74) is 3.49. The van der Waals surface area contributed by atoms with Gasteiger partial charge in [-0.25, -0.2) is 4.98 Å². The lowest BCUT2D eigenvalue weighted by atomic mass is 10.1. The summed E-state index contributed by atoms with van der Waals surface area (Å²) in [6.45, 7) is 9.35. The Labute approximate surface area is 173 Å². The van der Waals surface area contributed by atoms with E-state index in [0.717, 1.165) is 63.1 Å². The number of nitrogens with zero attached hydrogens (tertiary/aromatic N) is 5. The van der Waals surface area contributed by atoms with Crippen LogP contribution in [0.5, 0.6) is 0 Å². The van der Waals surface area contributed by atoms with Crippen molar-refractivity contribution in [3.63, 3.8) is 0 Å². The molecule has 0 bridgehead atoms. The van der Waals surface area contributed by atoms with Crippen molar-refractivity contribution in [2.45, 2.75) is 39.5 Å². The largest absolute Gasteiger partial charge is 0.356 e. The number of piperazine rings is 1. The molecule has 1 aromatic heterocycles. The van der Waals surface area contributed by atoms with Gasteiger partial charge in [-0.2, -0.15) is 4.98 Å². The lowest BCUT2D eigenvalue weighted by Crippen LogP contribution is -2.49. The van der Waals surface area contributed by atoms with Gasteiger partial charge in [-0.1, -0.05) is 29.8 Å². The van der Waals surface area contributed by atoms with Crippen molar-refractivity contribution in [2.24, 2.45) is 0 Å². The van der Waals surface area contributed by atoms with Crippen LogP contribution < -0.4 is 9.80 Å². The SMILES string of the molecule is Cc1cccc(CCC(=O)N2CCN(c3nc(C)cc(N4CCCC4)n3)CC2)c1. The van der Waals surface area contributed by atoms with Gasteiger partial charge in [0.05, 0.1) is 0 Å². The van der Waals surface area contributed by atoms with E-state index in [1.807, 2.05) is 11.8 Å². The number of hydrogen-bond acceptors (Lipinski definition) is 5. The van der Waals surface area contributed by atoms with Crippen LogP contribution in [-0.2, 0) is 11.2 Å². The molecule has 3 heterocycles. The van der Waals surface area contributed by atoms with Crippen LogP contribution >= 0.6 is 0 Å². The van der Waals surface area contributed by atoms with Crippen molar-refractivity contribution >= 4 is 17.7 Å². The minimum Gasteiger partial charge on any atom is -0.356 e. The van der Waals surface area contributed by atoms with Crippen LogP contribution in [0, 0.1) is 13.8 Å². The summed E-state index contributed by atoms with van der Waals surface area (Å²) in [7, 11) is 0. The first kappa shape index (κ1) is 19.7. The molecule has 2 aromatic rings. The highest BCUT2D eigenvalue weighted by Gasteiger charge is 2.24. The van der Waals surface area contributed by atoms with Crippen LogP contribution in [0.15, 0.2) is 30.3 Å². The second-order valence-electron chi connectivity index (χ2n) is 8.22. The van der Waals surface area contributed by atoms with Crippen LogP contribution in [-0.4, -0.2) is 60.0 Å². The predicted octanol–water partition coefficient (Wildman–Crippen LogP) is 2.98. The molecule has 1 aromatic carbocycles. The summed E-state index contributed by atoms with van der Waals surface area (Å²) in [5.74, 6) is 2.09. The highest BCUT2D eigenvalue weighted by Crippen LogP contribution is 2.22. The van der Waals surface area contributed by atoms with Crippen LogP contribution in [0.25, 0.3) is 0 Å². The van der Waals surface area contributed by atoms with Gasteiger partial charge in [0.25, 0.3) is 0 Å². The number of anilines is 2. The molecule has 0 N–H and O–H groups in total. The van der Waals surface area contributed by atoms with E-state index < -0.39 is 0 Å². The molecule has 4 rings (SSSR count). The molecule has 2 aliphatic rings. The topological polar surface area (TPSA) is 52.6 Å². The zero-order chi connectivity index (χ0) is 20.2. The minimum atomic E-state index is 0.245. The third kappa shape index (κ3) is 4.86. The number of aryl methyl sites for hydroxylation is 3. The molecular formula is C23H31N5O. The third-order valence-electron chi connectivity index (χ3n) is 5.88. The fourth-order valence-electron chi connectivity index (χ4n) is 4.22. The fourth-order valence-corrected chi connectivity index (χ4v) is 4.22. The summed E-state index contributed by atoms with van der Waals surface area (Å²) in [6.07, 6.45) is 3.86. The number of hydrogen-bond donors (Lipinski definition) is 0. The van der Waals surface area contributed by atoms with Crippen molar-refractivity contribution in [2.75, 3.05) is 49.1 Å². The Bertz CT molecular complexity index is 854. The van der Waals surface area contributed by atoms with Crippen molar-refractivity contribution in [1.29, 1.82) is 0 Å². The lowest BCUT2D eigenvalue weighted by Gasteiger charge is -2.35. The lowest BCUT2D eigenvalue weighted by molar-refractivity contribution is -0.131. The molecular weight excluding hydrogens is 362 g/mol. The number of rotatable bonds is 5. The normalized spacial score (nSPS) is 17.1. The molecule has 2 aliphatic heterocycles. The molecule has 29 heavy (non-hydrogen) atoms. The van der Waals surface area contributed by atoms with E-state index in [0.29, 0.717) is 6.42 Å². The maximum Gasteiger partial charge on any atom is 0.227 e. The summed E-state index contributed by atoms with van der Waals surface area (Å²) >= 11 is 0. The molecule has 6 heteroatoms. The summed E-state index contributed by atoms with van der Waals surface area (Å²) in [5, 5.41) is 0. The number of carbonyl (C=O) groups excluding carboxylic acids is 1. The van der Waals surface area contributed by atoms with E-state index in [-0.39, 0.29) is 5.91 Å². The van der Waals surface area contributed by atoms with Gasteiger partial charge < -0.3 is 14.7 Å². The average Bonchev–Trinajstić information content (AvgIpc) is 3.27. The predicted molar refractivity (Wildman–Crippen MR) is 117 cm³/mol. The number of amides is 1. The molecule has 0 saturated carbocycles. The minimum absolute atomic E-state index is 0.245. The van der Waals surface area contributed by atoms with E-state index >= 15 is 0 Å². The second-order valence-corrected chi connectivity index (χ2v) is 8.22. The van der Waals surface area contributed by atoms with Crippen molar-refractivity contribution in [1.82, 2.24) is 14.9 Å². The van der Waals surface area contributed by atoms with Crippen LogP contribution in [0.1, 0.15) is 36.1 Å². The maximum atomic E-state index is 12.7. The van der Waals surface area contributed by atoms with Gasteiger partial charge in [-0.3, -0.25) is 4.79 Å². The Balaban J connectivity index is 1.32. The van der Waals surface area contributed by atoms with E-state index in [4.69, 9.17) is 4.98 Å². The number of carbonyl (C=O) groups is 1. The first-order chi connectivity index (χ1) is 14.1. The Morgan fingerprint density at radius 1 is 0.931 bits per heavy atom. The Morgan fingerprint density at radius 3 is 2.41 bits per heavy atom. The Kier molecular flexibility index (Phi) is 5.97. The highest BCUT2D eigenvalue weighted by molar-refractivity contribution is 5.76. The third-order valence-corrected chi connectivity index (χ3v) is 5.88. The van der Waals surface area contributed by atoms with Gasteiger partial charge in [-0.05, 0) is 38.7 Å². The van der Waals surface area contributed by atoms with Gasteiger partial charge in [0, 0.05) is 57.4 Å². The maximum absolute atomic E-state index is 12.7. The van der Waals surface area contributed by atoms with Crippen LogP contribution in [0.4, 0.5) is 11.8 Å². The average molecular weight is 394 g/mol. The monoisotopic (exact) mass is 393 g/mol. The quantitative estimate of drug-likeness (QED) is 0.782. The zero-order valence-electron chi connectivity index (χ0n) is 17.6. The van der Waals surface area contributed by atoms with Crippen molar-refractivity contribution in [3.8, 4) is 0 Å². The van der Waals surface area contributed by atoms with E-state index in [1.165, 1.54) is 24.0 Å². The molecule has 154 valence electrons. The van der Waals surface area contributed by atoms with Gasteiger partial charge in [0.15, 0.2) is 0 Å². The van der Waals surface area contributed by atoms with Gasteiger partial charge >= 0.3 is 0 Å². The first-order valence-corrected chi connectivity index (χ1v) is 10.8. The summed E-state index contributed by atoms with van der Waals surface area (Å²) in [6, 6.07) is 10.5. The molecule has 1 amide bonds. The molecule has 2 fully saturated rings. The molecule has 0 atom stereocenters. The van der Waals surface area contributed by atoms with Crippen molar-refractivity contribution < 1.29 is 4.79 Å². The van der Waals surface area contributed by atoms with Crippen LogP contribution in [0.3, 0.4) is 0 Å². The molecule has 2 saturated heterocycles. The Hall–Kier alpha value is -2.63. The molecule has 0 spiro atoms. The summed E-state index contributed by atoms with van der Waals surface area (Å²) < 4.78 is 0. The van der Waals surface area contributed by atoms with Crippen molar-refractivity contribution in [3.05, 3.63) is 47.2 Å². The van der Waals surface area contributed by atoms with E-state index in [9.17, 15) is 4.79 Å². The second kappa shape index (κ2) is 8.80. The molecule has 6 nitrogen and oxygen atoms in total. The smallest absolute Gasteiger partial charge is 0.227 e. The van der Waals surface area contributed by atoms with Gasteiger partial charge in [0.2, 0.25) is 11.9 Å². The highest BCUT2D eigenvalue weighted by atomic mass is 16.2. The van der Waals surface area contributed by atoms with Crippen LogP contribution in [0.2, 0.25) is 0 Å². The van der Waals surface area contributed by atoms with Gasteiger partial charge in [-0.15, -0.1) is 0 Å². The fraction of sp³-hybridized carbons (Fsp3) is 0.522. The number of aromatic nitrogens is 2. The van der Waals surface area contributed by atoms with E-state index in [2.05, 4.69) is 52.0 Å².